The van der Waals surface area contributed by atoms with Crippen molar-refractivity contribution in [1.29, 1.82) is 0 Å². The lowest BCUT2D eigenvalue weighted by molar-refractivity contribution is 0.483. The van der Waals surface area contributed by atoms with Crippen LogP contribution in [0, 0.1) is 5.92 Å². The van der Waals surface area contributed by atoms with E-state index in [1.54, 1.807) is 6.20 Å². The van der Waals surface area contributed by atoms with Crippen LogP contribution >= 0.6 is 0 Å². The maximum Gasteiger partial charge on any atom is 0.0719 e. The number of hydrogen-bond acceptors (Lipinski definition) is 2. The van der Waals surface area contributed by atoms with Gasteiger partial charge in [-0.3, -0.25) is 4.68 Å². The monoisotopic (exact) mass is 139 g/mol. The molecule has 1 heterocycles. The lowest BCUT2D eigenvalue weighted by atomic mass is 10.2. The van der Waals surface area contributed by atoms with Crippen LogP contribution in [0.5, 0.6) is 0 Å². The van der Waals surface area contributed by atoms with Gasteiger partial charge in [0.05, 0.1) is 11.9 Å². The van der Waals surface area contributed by atoms with Gasteiger partial charge >= 0.3 is 0 Å². The lowest BCUT2D eigenvalue weighted by Gasteiger charge is -2.02. The maximum atomic E-state index is 5.47. The number of aromatic nitrogens is 2. The number of nitrogens with zero attached hydrogens (tertiary/aromatic N) is 2. The molecule has 0 unspecified atom stereocenters. The molecule has 0 aliphatic carbocycles. The van der Waals surface area contributed by atoms with E-state index >= 15 is 0 Å². The summed E-state index contributed by atoms with van der Waals surface area (Å²) in [6, 6.07) is 0. The Morgan fingerprint density at radius 1 is 1.70 bits per heavy atom. The van der Waals surface area contributed by atoms with Crippen molar-refractivity contribution in [2.45, 2.75) is 20.4 Å². The minimum absolute atomic E-state index is 0.624. The number of nitrogen functional groups attached to an aromatic ring is 1. The van der Waals surface area contributed by atoms with E-state index in [-0.39, 0.29) is 0 Å². The minimum Gasteiger partial charge on any atom is -0.396 e. The van der Waals surface area contributed by atoms with Crippen molar-refractivity contribution in [3.8, 4) is 0 Å². The van der Waals surface area contributed by atoms with E-state index in [1.807, 2.05) is 10.9 Å². The fourth-order valence-corrected chi connectivity index (χ4v) is 0.854. The van der Waals surface area contributed by atoms with Gasteiger partial charge in [-0.25, -0.2) is 0 Å². The van der Waals surface area contributed by atoms with E-state index in [0.29, 0.717) is 5.92 Å². The summed E-state index contributed by atoms with van der Waals surface area (Å²) in [5.41, 5.74) is 6.21. The molecule has 10 heavy (non-hydrogen) atoms. The molecular formula is C7H13N3. The standard InChI is InChI=1S/C7H13N3/c1-6(2)4-10-5-7(8)3-9-10/h3,5-6H,4,8H2,1-2H3. The lowest BCUT2D eigenvalue weighted by Crippen LogP contribution is -2.04. The van der Waals surface area contributed by atoms with Gasteiger partial charge in [0.15, 0.2) is 0 Å². The summed E-state index contributed by atoms with van der Waals surface area (Å²) in [4.78, 5) is 0. The minimum atomic E-state index is 0.624. The first-order chi connectivity index (χ1) is 4.68. The molecule has 0 aromatic carbocycles. The second-order valence-corrected chi connectivity index (χ2v) is 2.89. The molecular weight excluding hydrogens is 126 g/mol. The van der Waals surface area contributed by atoms with Gasteiger partial charge in [0.2, 0.25) is 0 Å². The first kappa shape index (κ1) is 7.12. The van der Waals surface area contributed by atoms with Gasteiger partial charge in [0, 0.05) is 12.7 Å². The first-order valence-electron chi connectivity index (χ1n) is 3.46. The van der Waals surface area contributed by atoms with E-state index in [1.165, 1.54) is 0 Å². The molecule has 0 bridgehead atoms. The van der Waals surface area contributed by atoms with Crippen LogP contribution in [0.15, 0.2) is 12.4 Å². The number of nitrogens with two attached hydrogens (primary N) is 1. The highest BCUT2D eigenvalue weighted by Gasteiger charge is 1.96. The van der Waals surface area contributed by atoms with Gasteiger partial charge < -0.3 is 5.73 Å². The topological polar surface area (TPSA) is 43.8 Å². The molecule has 56 valence electrons. The van der Waals surface area contributed by atoms with E-state index in [2.05, 4.69) is 18.9 Å². The zero-order chi connectivity index (χ0) is 7.56. The van der Waals surface area contributed by atoms with Crippen LogP contribution in [0.3, 0.4) is 0 Å². The SMILES string of the molecule is CC(C)Cn1cc(N)cn1. The Hall–Kier alpha value is -0.990. The number of anilines is 1. The molecule has 0 aliphatic heterocycles. The Bertz CT molecular complexity index is 202. The molecule has 0 fully saturated rings. The summed E-state index contributed by atoms with van der Waals surface area (Å²) in [6.45, 7) is 5.24. The Labute approximate surface area is 60.8 Å². The average Bonchev–Trinajstić information content (AvgIpc) is 2.13. The molecule has 0 spiro atoms. The van der Waals surface area contributed by atoms with Crippen LogP contribution < -0.4 is 5.73 Å². The highest BCUT2D eigenvalue weighted by atomic mass is 15.3. The summed E-state index contributed by atoms with van der Waals surface area (Å²) in [6.07, 6.45) is 3.52. The molecule has 2 N–H and O–H groups in total. The average molecular weight is 139 g/mol. The molecule has 1 aromatic heterocycles. The third-order valence-electron chi connectivity index (χ3n) is 1.21. The molecule has 3 heteroatoms. The van der Waals surface area contributed by atoms with Crippen molar-refractivity contribution >= 4 is 5.69 Å². The van der Waals surface area contributed by atoms with Crippen LogP contribution in [0.4, 0.5) is 5.69 Å². The normalized spacial score (nSPS) is 10.7. The molecule has 0 saturated heterocycles. The highest BCUT2D eigenvalue weighted by molar-refractivity contribution is 5.30. The Morgan fingerprint density at radius 3 is 2.80 bits per heavy atom. The zero-order valence-corrected chi connectivity index (χ0v) is 6.41. The summed E-state index contributed by atoms with van der Waals surface area (Å²) < 4.78 is 1.86. The molecule has 0 saturated carbocycles. The number of rotatable bonds is 2. The third-order valence-corrected chi connectivity index (χ3v) is 1.21. The van der Waals surface area contributed by atoms with E-state index in [9.17, 15) is 0 Å². The zero-order valence-electron chi connectivity index (χ0n) is 6.41. The first-order valence-corrected chi connectivity index (χ1v) is 3.46. The van der Waals surface area contributed by atoms with Crippen LogP contribution in [-0.4, -0.2) is 9.78 Å². The van der Waals surface area contributed by atoms with Crippen LogP contribution in [0.25, 0.3) is 0 Å². The second kappa shape index (κ2) is 2.73. The fourth-order valence-electron chi connectivity index (χ4n) is 0.854. The largest absolute Gasteiger partial charge is 0.396 e. The summed E-state index contributed by atoms with van der Waals surface area (Å²) >= 11 is 0. The quantitative estimate of drug-likeness (QED) is 0.667. The summed E-state index contributed by atoms with van der Waals surface area (Å²) in [7, 11) is 0. The van der Waals surface area contributed by atoms with Crippen molar-refractivity contribution in [1.82, 2.24) is 9.78 Å². The molecule has 1 rings (SSSR count). The van der Waals surface area contributed by atoms with E-state index in [4.69, 9.17) is 5.73 Å². The van der Waals surface area contributed by atoms with E-state index < -0.39 is 0 Å². The third kappa shape index (κ3) is 1.76. The summed E-state index contributed by atoms with van der Waals surface area (Å²) in [5, 5.41) is 4.05. The van der Waals surface area contributed by atoms with Crippen molar-refractivity contribution in [3.63, 3.8) is 0 Å². The van der Waals surface area contributed by atoms with Gasteiger partial charge in [-0.1, -0.05) is 13.8 Å². The van der Waals surface area contributed by atoms with Crippen molar-refractivity contribution in [2.75, 3.05) is 5.73 Å². The van der Waals surface area contributed by atoms with Gasteiger partial charge in [0.25, 0.3) is 0 Å². The van der Waals surface area contributed by atoms with Gasteiger partial charge in [-0.15, -0.1) is 0 Å². The van der Waals surface area contributed by atoms with Gasteiger partial charge in [-0.2, -0.15) is 5.10 Å². The maximum absolute atomic E-state index is 5.47. The summed E-state index contributed by atoms with van der Waals surface area (Å²) in [5.74, 6) is 0.624. The second-order valence-electron chi connectivity index (χ2n) is 2.89. The Kier molecular flexibility index (Phi) is 1.94. The van der Waals surface area contributed by atoms with Crippen LogP contribution in [0.2, 0.25) is 0 Å². The predicted molar refractivity (Wildman–Crippen MR) is 41.5 cm³/mol. The predicted octanol–water partition coefficient (Wildman–Crippen LogP) is 1.12. The Balaban J connectivity index is 2.58. The van der Waals surface area contributed by atoms with Crippen molar-refractivity contribution in [2.24, 2.45) is 5.92 Å². The van der Waals surface area contributed by atoms with Gasteiger partial charge in [0.1, 0.15) is 0 Å². The molecule has 1 aromatic rings. The van der Waals surface area contributed by atoms with Crippen molar-refractivity contribution in [3.05, 3.63) is 12.4 Å². The van der Waals surface area contributed by atoms with Crippen LogP contribution in [0.1, 0.15) is 13.8 Å². The Morgan fingerprint density at radius 2 is 2.40 bits per heavy atom. The molecule has 0 atom stereocenters. The molecule has 0 aliphatic rings. The highest BCUT2D eigenvalue weighted by Crippen LogP contribution is 2.01. The van der Waals surface area contributed by atoms with Gasteiger partial charge in [-0.05, 0) is 5.92 Å². The fraction of sp³-hybridized carbons (Fsp3) is 0.571. The number of hydrogen-bond donors (Lipinski definition) is 1. The van der Waals surface area contributed by atoms with E-state index in [0.717, 1.165) is 12.2 Å². The smallest absolute Gasteiger partial charge is 0.0719 e. The molecule has 3 nitrogen and oxygen atoms in total. The molecule has 0 radical (unpaired) electrons. The molecule has 0 amide bonds. The van der Waals surface area contributed by atoms with Crippen LogP contribution in [-0.2, 0) is 6.54 Å². The van der Waals surface area contributed by atoms with Crippen molar-refractivity contribution < 1.29 is 0 Å².